The molecule has 4 rings (SSSR count). The molecule has 0 bridgehead atoms. The molecule has 0 aromatic heterocycles. The van der Waals surface area contributed by atoms with E-state index >= 15 is 0 Å². The number of carbonyl (C=O) groups excluding carboxylic acids is 2. The third-order valence-corrected chi connectivity index (χ3v) is 6.84. The highest BCUT2D eigenvalue weighted by atomic mass is 16.2. The van der Waals surface area contributed by atoms with Crippen molar-refractivity contribution in [1.82, 2.24) is 10.2 Å². The van der Waals surface area contributed by atoms with Crippen LogP contribution in [0.4, 0.5) is 0 Å². The van der Waals surface area contributed by atoms with Crippen molar-refractivity contribution in [2.45, 2.75) is 64.3 Å². The Morgan fingerprint density at radius 3 is 2.19 bits per heavy atom. The summed E-state index contributed by atoms with van der Waals surface area (Å²) in [5.74, 6) is 2.45. The first-order chi connectivity index (χ1) is 12.8. The zero-order chi connectivity index (χ0) is 19.3. The lowest BCUT2D eigenvalue weighted by Gasteiger charge is -2.37. The summed E-state index contributed by atoms with van der Waals surface area (Å²) in [5.41, 5.74) is 3.01. The predicted octanol–water partition coefficient (Wildman–Crippen LogP) is 3.46. The van der Waals surface area contributed by atoms with Gasteiger partial charge in [-0.25, -0.2) is 0 Å². The highest BCUT2D eigenvalue weighted by Gasteiger charge is 2.57. The smallest absolute Gasteiger partial charge is 0.225 e. The van der Waals surface area contributed by atoms with Crippen molar-refractivity contribution in [3.63, 3.8) is 0 Å². The van der Waals surface area contributed by atoms with Crippen LogP contribution < -0.4 is 5.32 Å². The normalized spacial score (nSPS) is 31.9. The minimum absolute atomic E-state index is 0.0913. The van der Waals surface area contributed by atoms with Crippen molar-refractivity contribution in [3.05, 3.63) is 35.4 Å². The summed E-state index contributed by atoms with van der Waals surface area (Å²) in [4.78, 5) is 26.2. The summed E-state index contributed by atoms with van der Waals surface area (Å²) in [7, 11) is 0. The van der Waals surface area contributed by atoms with Crippen LogP contribution in [-0.4, -0.2) is 35.8 Å². The molecule has 0 spiro atoms. The van der Waals surface area contributed by atoms with E-state index in [9.17, 15) is 9.59 Å². The van der Waals surface area contributed by atoms with Gasteiger partial charge in [0.05, 0.1) is 0 Å². The van der Waals surface area contributed by atoms with Crippen molar-refractivity contribution in [2.24, 2.45) is 17.8 Å². The van der Waals surface area contributed by atoms with Crippen LogP contribution in [0.5, 0.6) is 0 Å². The molecule has 4 heteroatoms. The van der Waals surface area contributed by atoms with Crippen molar-refractivity contribution in [2.75, 3.05) is 13.1 Å². The van der Waals surface area contributed by atoms with E-state index in [0.717, 1.165) is 25.9 Å². The molecule has 1 aromatic rings. The van der Waals surface area contributed by atoms with E-state index in [1.807, 2.05) is 6.92 Å². The molecule has 2 saturated carbocycles. The zero-order valence-corrected chi connectivity index (χ0v) is 17.0. The second-order valence-corrected chi connectivity index (χ2v) is 9.76. The molecule has 3 aliphatic rings. The molecule has 2 unspecified atom stereocenters. The maximum Gasteiger partial charge on any atom is 0.225 e. The average molecular weight is 369 g/mol. The van der Waals surface area contributed by atoms with E-state index in [2.05, 4.69) is 55.3 Å². The molecule has 1 aromatic carbocycles. The summed E-state index contributed by atoms with van der Waals surface area (Å²) < 4.78 is 0. The number of amides is 2. The molecular formula is C23H32N2O2. The lowest BCUT2D eigenvalue weighted by molar-refractivity contribution is -0.139. The standard InChI is InChI=1S/C23H32N2O2/c1-5-20(26)24-17-10-15(11-17)22(27)25-12-18-19(13-25)21(18)14-6-8-16(9-7-14)23(2,3)4/h6-9,15,17-19,21H,5,10-13H2,1-4H3,(H,24,26). The second kappa shape index (κ2) is 6.65. The third-order valence-electron chi connectivity index (χ3n) is 6.84. The fourth-order valence-corrected chi connectivity index (χ4v) is 4.93. The molecule has 146 valence electrons. The predicted molar refractivity (Wildman–Crippen MR) is 106 cm³/mol. The van der Waals surface area contributed by atoms with Crippen LogP contribution in [0, 0.1) is 17.8 Å². The number of rotatable bonds is 4. The first kappa shape index (κ1) is 18.5. The van der Waals surface area contributed by atoms with Crippen molar-refractivity contribution in [3.8, 4) is 0 Å². The van der Waals surface area contributed by atoms with Crippen molar-refractivity contribution >= 4 is 11.8 Å². The maximum absolute atomic E-state index is 12.7. The summed E-state index contributed by atoms with van der Waals surface area (Å²) in [5, 5.41) is 2.99. The molecule has 0 radical (unpaired) electrons. The van der Waals surface area contributed by atoms with Crippen LogP contribution in [-0.2, 0) is 15.0 Å². The summed E-state index contributed by atoms with van der Waals surface area (Å²) in [6.45, 7) is 10.4. The van der Waals surface area contributed by atoms with Crippen LogP contribution in [0.2, 0.25) is 0 Å². The Bertz CT molecular complexity index is 716. The van der Waals surface area contributed by atoms with E-state index in [4.69, 9.17) is 0 Å². The van der Waals surface area contributed by atoms with Gasteiger partial charge in [0.1, 0.15) is 0 Å². The van der Waals surface area contributed by atoms with E-state index < -0.39 is 0 Å². The van der Waals surface area contributed by atoms with Gasteiger partial charge in [-0.1, -0.05) is 52.0 Å². The van der Waals surface area contributed by atoms with Gasteiger partial charge in [-0.15, -0.1) is 0 Å². The third kappa shape index (κ3) is 3.51. The van der Waals surface area contributed by atoms with Gasteiger partial charge in [0.25, 0.3) is 0 Å². The van der Waals surface area contributed by atoms with Gasteiger partial charge in [-0.05, 0) is 47.1 Å². The summed E-state index contributed by atoms with van der Waals surface area (Å²) >= 11 is 0. The minimum Gasteiger partial charge on any atom is -0.353 e. The number of fused-ring (bicyclic) bond motifs is 1. The number of hydrogen-bond donors (Lipinski definition) is 1. The van der Waals surface area contributed by atoms with E-state index in [1.54, 1.807) is 0 Å². The minimum atomic E-state index is 0.0913. The molecular weight excluding hydrogens is 336 g/mol. The number of nitrogens with one attached hydrogen (secondary N) is 1. The maximum atomic E-state index is 12.7. The first-order valence-corrected chi connectivity index (χ1v) is 10.5. The molecule has 2 atom stereocenters. The van der Waals surface area contributed by atoms with E-state index in [-0.39, 0.29) is 23.3 Å². The molecule has 2 amide bonds. The van der Waals surface area contributed by atoms with Crippen LogP contribution >= 0.6 is 0 Å². The van der Waals surface area contributed by atoms with Crippen LogP contribution in [0.3, 0.4) is 0 Å². The largest absolute Gasteiger partial charge is 0.353 e. The SMILES string of the molecule is CCC(=O)NC1CC(C(=O)N2CC3C(C2)C3c2ccc(C(C)(C)C)cc2)C1. The van der Waals surface area contributed by atoms with Gasteiger partial charge in [0.2, 0.25) is 11.8 Å². The van der Waals surface area contributed by atoms with Gasteiger partial charge in [-0.3, -0.25) is 9.59 Å². The van der Waals surface area contributed by atoms with Gasteiger partial charge in [0.15, 0.2) is 0 Å². The molecule has 27 heavy (non-hydrogen) atoms. The van der Waals surface area contributed by atoms with Gasteiger partial charge in [-0.2, -0.15) is 0 Å². The van der Waals surface area contributed by atoms with Gasteiger partial charge in [0, 0.05) is 31.5 Å². The van der Waals surface area contributed by atoms with Gasteiger partial charge >= 0.3 is 0 Å². The van der Waals surface area contributed by atoms with Crippen LogP contribution in [0.15, 0.2) is 24.3 Å². The Balaban J connectivity index is 1.27. The molecule has 1 heterocycles. The molecule has 1 aliphatic heterocycles. The Kier molecular flexibility index (Phi) is 4.56. The highest BCUT2D eigenvalue weighted by molar-refractivity contribution is 5.81. The Hall–Kier alpha value is -1.84. The molecule has 1 N–H and O–H groups in total. The molecule has 1 saturated heterocycles. The fraction of sp³-hybridized carbons (Fsp3) is 0.652. The summed E-state index contributed by atoms with van der Waals surface area (Å²) in [6.07, 6.45) is 2.14. The van der Waals surface area contributed by atoms with Crippen LogP contribution in [0.25, 0.3) is 0 Å². The Labute approximate surface area is 162 Å². The monoisotopic (exact) mass is 368 g/mol. The fourth-order valence-electron chi connectivity index (χ4n) is 4.93. The van der Waals surface area contributed by atoms with Crippen molar-refractivity contribution in [1.29, 1.82) is 0 Å². The number of piperidine rings is 1. The molecule has 4 nitrogen and oxygen atoms in total. The van der Waals surface area contributed by atoms with E-state index in [0.29, 0.717) is 30.1 Å². The number of likely N-dealkylation sites (tertiary alicyclic amines) is 1. The Morgan fingerprint density at radius 1 is 1.07 bits per heavy atom. The zero-order valence-electron chi connectivity index (χ0n) is 17.0. The number of benzene rings is 1. The first-order valence-electron chi connectivity index (χ1n) is 10.5. The number of nitrogens with zero attached hydrogens (tertiary/aromatic N) is 1. The average Bonchev–Trinajstić information content (AvgIpc) is 3.09. The lowest BCUT2D eigenvalue weighted by atomic mass is 9.79. The highest BCUT2D eigenvalue weighted by Crippen LogP contribution is 2.58. The van der Waals surface area contributed by atoms with Crippen LogP contribution in [0.1, 0.15) is 64.0 Å². The Morgan fingerprint density at radius 2 is 1.67 bits per heavy atom. The molecule has 3 fully saturated rings. The van der Waals surface area contributed by atoms with Crippen molar-refractivity contribution < 1.29 is 9.59 Å². The lowest BCUT2D eigenvalue weighted by Crippen LogP contribution is -2.50. The number of carbonyl (C=O) groups is 2. The van der Waals surface area contributed by atoms with Gasteiger partial charge < -0.3 is 10.2 Å². The topological polar surface area (TPSA) is 49.4 Å². The van der Waals surface area contributed by atoms with E-state index in [1.165, 1.54) is 11.1 Å². The quantitative estimate of drug-likeness (QED) is 0.885. The summed E-state index contributed by atoms with van der Waals surface area (Å²) in [6, 6.07) is 9.33. The molecule has 2 aliphatic carbocycles. The second-order valence-electron chi connectivity index (χ2n) is 9.76. The number of hydrogen-bond acceptors (Lipinski definition) is 2.